The molecule has 0 spiro atoms. The number of carbonyl (C=O) groups is 1. The monoisotopic (exact) mass is 474 g/mol. The maximum Gasteiger partial charge on any atom is 0.235 e. The van der Waals surface area contributed by atoms with Crippen LogP contribution in [0.15, 0.2) is 29.3 Å². The zero-order chi connectivity index (χ0) is 22.5. The summed E-state index contributed by atoms with van der Waals surface area (Å²) in [4.78, 5) is 18.9. The van der Waals surface area contributed by atoms with Gasteiger partial charge in [0.15, 0.2) is 0 Å². The molecule has 1 aliphatic rings. The Balaban J connectivity index is 0.00000363. The number of halogens is 2. The van der Waals surface area contributed by atoms with Gasteiger partial charge in [-0.25, -0.2) is 9.37 Å². The Morgan fingerprint density at radius 2 is 1.84 bits per heavy atom. The number of carbonyl (C=O) groups excluding carboxylic acids is 1. The van der Waals surface area contributed by atoms with Crippen LogP contribution in [0.3, 0.4) is 0 Å². The van der Waals surface area contributed by atoms with E-state index in [0.29, 0.717) is 47.0 Å². The van der Waals surface area contributed by atoms with E-state index >= 15 is 0 Å². The number of rotatable bonds is 6. The average Bonchev–Trinajstić information content (AvgIpc) is 2.77. The zero-order valence-electron chi connectivity index (χ0n) is 17.5. The Morgan fingerprint density at radius 3 is 2.34 bits per heavy atom. The molecule has 0 bridgehead atoms. The molecular formula is C22H24ClFN6OS. The lowest BCUT2D eigenvalue weighted by molar-refractivity contribution is -0.117. The summed E-state index contributed by atoms with van der Waals surface area (Å²) < 4.78 is 13.3. The van der Waals surface area contributed by atoms with Crippen molar-refractivity contribution >= 4 is 35.9 Å². The van der Waals surface area contributed by atoms with Crippen LogP contribution in [0.4, 0.5) is 10.2 Å². The van der Waals surface area contributed by atoms with Crippen LogP contribution in [0, 0.1) is 28.5 Å². The molecule has 1 aliphatic heterocycles. The van der Waals surface area contributed by atoms with E-state index in [9.17, 15) is 19.7 Å². The molecule has 1 amide bonds. The summed E-state index contributed by atoms with van der Waals surface area (Å²) in [6.45, 7) is 3.17. The second-order valence-electron chi connectivity index (χ2n) is 7.32. The number of hydrogen-bond acceptors (Lipinski definition) is 7. The summed E-state index contributed by atoms with van der Waals surface area (Å²) in [5.74, 6) is -0.560. The molecule has 7 nitrogen and oxygen atoms in total. The van der Waals surface area contributed by atoms with E-state index in [2.05, 4.69) is 17.1 Å². The predicted molar refractivity (Wildman–Crippen MR) is 124 cm³/mol. The number of pyridine rings is 1. The highest BCUT2D eigenvalue weighted by Gasteiger charge is 2.28. The van der Waals surface area contributed by atoms with Gasteiger partial charge < -0.3 is 16.4 Å². The van der Waals surface area contributed by atoms with Crippen LogP contribution < -0.4 is 16.4 Å². The maximum absolute atomic E-state index is 13.3. The van der Waals surface area contributed by atoms with Gasteiger partial charge in [-0.1, -0.05) is 30.8 Å². The Morgan fingerprint density at radius 1 is 1.25 bits per heavy atom. The standard InChI is InChI=1S/C22H23FN6OS.ClH/c1-2-16-17(11-24)21(29-9-7-15(26)8-10-29)28-22(18(16)12-25)31-19(20(27)30)13-3-5-14(23)6-4-13;/h3-6,15,19H,2,7-10,26H2,1H3,(H2,27,30);1H. The normalized spacial score (nSPS) is 14.7. The number of primary amides is 1. The molecule has 0 saturated carbocycles. The molecule has 168 valence electrons. The minimum atomic E-state index is -0.861. The minimum absolute atomic E-state index is 0. The number of piperidine rings is 1. The number of thioether (sulfide) groups is 1. The van der Waals surface area contributed by atoms with Gasteiger partial charge in [-0.3, -0.25) is 4.79 Å². The van der Waals surface area contributed by atoms with Crippen molar-refractivity contribution in [3.8, 4) is 12.1 Å². The average molecular weight is 475 g/mol. The SMILES string of the molecule is CCc1c(C#N)c(SC(C(N)=O)c2ccc(F)cc2)nc(N2CCC(N)CC2)c1C#N.Cl. The second kappa shape index (κ2) is 11.1. The molecule has 1 aromatic carbocycles. The van der Waals surface area contributed by atoms with Crippen LogP contribution in [-0.4, -0.2) is 30.0 Å². The number of nitrogens with two attached hydrogens (primary N) is 2. The van der Waals surface area contributed by atoms with Gasteiger partial charge in [0, 0.05) is 19.1 Å². The summed E-state index contributed by atoms with van der Waals surface area (Å²) >= 11 is 1.04. The number of nitrogens with zero attached hydrogens (tertiary/aromatic N) is 4. The van der Waals surface area contributed by atoms with Gasteiger partial charge in [-0.15, -0.1) is 12.4 Å². The summed E-state index contributed by atoms with van der Waals surface area (Å²) in [5, 5.41) is 19.1. The molecule has 1 unspecified atom stereocenters. The molecule has 0 radical (unpaired) electrons. The van der Waals surface area contributed by atoms with Gasteiger partial charge >= 0.3 is 0 Å². The van der Waals surface area contributed by atoms with E-state index < -0.39 is 17.0 Å². The van der Waals surface area contributed by atoms with Crippen molar-refractivity contribution in [3.05, 3.63) is 52.3 Å². The minimum Gasteiger partial charge on any atom is -0.368 e. The topological polar surface area (TPSA) is 133 Å². The predicted octanol–water partition coefficient (Wildman–Crippen LogP) is 3.19. The summed E-state index contributed by atoms with van der Waals surface area (Å²) in [7, 11) is 0. The summed E-state index contributed by atoms with van der Waals surface area (Å²) in [5.41, 5.74) is 13.4. The number of amides is 1. The Kier molecular flexibility index (Phi) is 8.85. The van der Waals surface area contributed by atoms with Crippen LogP contribution in [0.1, 0.15) is 47.3 Å². The van der Waals surface area contributed by atoms with E-state index in [1.54, 1.807) is 0 Å². The smallest absolute Gasteiger partial charge is 0.235 e. The van der Waals surface area contributed by atoms with Crippen LogP contribution in [0.2, 0.25) is 0 Å². The Bertz CT molecular complexity index is 1060. The molecule has 2 heterocycles. The molecule has 3 rings (SSSR count). The largest absolute Gasteiger partial charge is 0.368 e. The lowest BCUT2D eigenvalue weighted by Crippen LogP contribution is -2.40. The number of anilines is 1. The number of aromatic nitrogens is 1. The van der Waals surface area contributed by atoms with Gasteiger partial charge in [0.2, 0.25) is 5.91 Å². The molecular weight excluding hydrogens is 451 g/mol. The van der Waals surface area contributed by atoms with Crippen molar-refractivity contribution in [3.63, 3.8) is 0 Å². The quantitative estimate of drug-likeness (QED) is 0.614. The molecule has 1 saturated heterocycles. The molecule has 1 fully saturated rings. The number of benzene rings is 1. The Labute approximate surface area is 197 Å². The first kappa shape index (κ1) is 25.4. The summed E-state index contributed by atoms with van der Waals surface area (Å²) in [6.07, 6.45) is 2.01. The van der Waals surface area contributed by atoms with Gasteiger partial charge in [-0.05, 0) is 42.5 Å². The lowest BCUT2D eigenvalue weighted by atomic mass is 10.00. The third kappa shape index (κ3) is 5.31. The molecule has 1 aromatic heterocycles. The number of hydrogen-bond donors (Lipinski definition) is 2. The fraction of sp³-hybridized carbons (Fsp3) is 0.364. The van der Waals surface area contributed by atoms with Crippen molar-refractivity contribution in [2.75, 3.05) is 18.0 Å². The fourth-order valence-corrected chi connectivity index (χ4v) is 4.71. The van der Waals surface area contributed by atoms with E-state index in [0.717, 1.165) is 24.6 Å². The van der Waals surface area contributed by atoms with E-state index in [1.807, 2.05) is 11.8 Å². The van der Waals surface area contributed by atoms with Crippen LogP contribution in [-0.2, 0) is 11.2 Å². The van der Waals surface area contributed by atoms with Crippen molar-refractivity contribution in [2.45, 2.75) is 42.5 Å². The highest BCUT2D eigenvalue weighted by molar-refractivity contribution is 8.00. The first-order valence-electron chi connectivity index (χ1n) is 9.98. The van der Waals surface area contributed by atoms with Crippen LogP contribution in [0.25, 0.3) is 0 Å². The van der Waals surface area contributed by atoms with Gasteiger partial charge in [-0.2, -0.15) is 10.5 Å². The maximum atomic E-state index is 13.3. The van der Waals surface area contributed by atoms with Crippen molar-refractivity contribution in [1.82, 2.24) is 4.98 Å². The lowest BCUT2D eigenvalue weighted by Gasteiger charge is -2.32. The van der Waals surface area contributed by atoms with Crippen molar-refractivity contribution in [2.24, 2.45) is 11.5 Å². The molecule has 10 heteroatoms. The highest BCUT2D eigenvalue weighted by atomic mass is 35.5. The van der Waals surface area contributed by atoms with Gasteiger partial charge in [0.1, 0.15) is 34.0 Å². The first-order chi connectivity index (χ1) is 14.9. The van der Waals surface area contributed by atoms with Crippen LogP contribution in [0.5, 0.6) is 0 Å². The molecule has 4 N–H and O–H groups in total. The second-order valence-corrected chi connectivity index (χ2v) is 8.42. The van der Waals surface area contributed by atoms with Crippen molar-refractivity contribution < 1.29 is 9.18 Å². The third-order valence-corrected chi connectivity index (χ3v) is 6.58. The van der Waals surface area contributed by atoms with Crippen LogP contribution >= 0.6 is 24.2 Å². The fourth-order valence-electron chi connectivity index (χ4n) is 3.65. The van der Waals surface area contributed by atoms with E-state index in [-0.39, 0.29) is 24.0 Å². The molecule has 2 aromatic rings. The first-order valence-corrected chi connectivity index (χ1v) is 10.9. The molecule has 0 aliphatic carbocycles. The number of nitriles is 2. The molecule has 1 atom stereocenters. The Hall–Kier alpha value is -2.85. The van der Waals surface area contributed by atoms with E-state index in [4.69, 9.17) is 11.5 Å². The zero-order valence-corrected chi connectivity index (χ0v) is 19.2. The highest BCUT2D eigenvalue weighted by Crippen LogP contribution is 2.39. The third-order valence-electron chi connectivity index (χ3n) is 5.33. The van der Waals surface area contributed by atoms with Crippen molar-refractivity contribution in [1.29, 1.82) is 10.5 Å². The molecule has 32 heavy (non-hydrogen) atoms. The van der Waals surface area contributed by atoms with Gasteiger partial charge in [0.05, 0.1) is 11.1 Å². The van der Waals surface area contributed by atoms with Gasteiger partial charge in [0.25, 0.3) is 0 Å². The summed E-state index contributed by atoms with van der Waals surface area (Å²) in [6, 6.07) is 9.95. The van der Waals surface area contributed by atoms with E-state index in [1.165, 1.54) is 24.3 Å².